The predicted molar refractivity (Wildman–Crippen MR) is 108 cm³/mol. The van der Waals surface area contributed by atoms with Gasteiger partial charge in [-0.25, -0.2) is 4.79 Å². The molecule has 3 aromatic rings. The maximum atomic E-state index is 12.1. The van der Waals surface area contributed by atoms with Crippen LogP contribution in [-0.2, 0) is 4.79 Å². The molecule has 0 radical (unpaired) electrons. The second-order valence-electron chi connectivity index (χ2n) is 5.83. The Morgan fingerprint density at radius 3 is 2.34 bits per heavy atom. The van der Waals surface area contributed by atoms with Crippen LogP contribution in [0.25, 0.3) is 0 Å². The summed E-state index contributed by atoms with van der Waals surface area (Å²) in [5.74, 6) is -2.03. The molecule has 0 aliphatic heterocycles. The molecule has 0 fully saturated rings. The van der Waals surface area contributed by atoms with Crippen molar-refractivity contribution in [3.05, 3.63) is 72.2 Å². The molecule has 1 heterocycles. The van der Waals surface area contributed by atoms with Gasteiger partial charge in [-0.2, -0.15) is 0 Å². The number of hydrogen-bond donors (Lipinski definition) is 4. The van der Waals surface area contributed by atoms with Crippen LogP contribution in [0.4, 0.5) is 11.4 Å². The lowest BCUT2D eigenvalue weighted by atomic mass is 10.2. The summed E-state index contributed by atoms with van der Waals surface area (Å²) >= 11 is 1.28. The summed E-state index contributed by atoms with van der Waals surface area (Å²) in [7, 11) is 0. The third-order valence-corrected chi connectivity index (χ3v) is 4.75. The number of aromatic hydroxyl groups is 1. The average Bonchev–Trinajstić information content (AvgIpc) is 3.24. The second-order valence-corrected chi connectivity index (χ2v) is 6.88. The van der Waals surface area contributed by atoms with Crippen molar-refractivity contribution in [2.45, 2.75) is 4.90 Å². The highest BCUT2D eigenvalue weighted by Gasteiger charge is 2.12. The SMILES string of the molecule is O=C(CSc1ccc(NC(=O)c2ccco2)cc1)Nc1ccc(O)c(C(=O)O)c1. The van der Waals surface area contributed by atoms with Crippen LogP contribution in [0.2, 0.25) is 0 Å². The molecule has 2 amide bonds. The number of phenols is 1. The van der Waals surface area contributed by atoms with E-state index in [9.17, 15) is 19.5 Å². The summed E-state index contributed by atoms with van der Waals surface area (Å²) in [6.45, 7) is 0. The zero-order valence-corrected chi connectivity index (χ0v) is 15.7. The van der Waals surface area contributed by atoms with E-state index in [-0.39, 0.29) is 40.3 Å². The highest BCUT2D eigenvalue weighted by molar-refractivity contribution is 8.00. The Balaban J connectivity index is 1.52. The van der Waals surface area contributed by atoms with Gasteiger partial charge in [0.25, 0.3) is 5.91 Å². The zero-order valence-electron chi connectivity index (χ0n) is 14.9. The van der Waals surface area contributed by atoms with E-state index in [1.165, 1.54) is 36.2 Å². The fourth-order valence-electron chi connectivity index (χ4n) is 2.37. The second kappa shape index (κ2) is 8.98. The summed E-state index contributed by atoms with van der Waals surface area (Å²) < 4.78 is 5.02. The van der Waals surface area contributed by atoms with Crippen molar-refractivity contribution in [2.24, 2.45) is 0 Å². The van der Waals surface area contributed by atoms with Crippen LogP contribution in [0.5, 0.6) is 5.75 Å². The van der Waals surface area contributed by atoms with E-state index in [1.807, 2.05) is 0 Å². The molecule has 9 heteroatoms. The number of aromatic carboxylic acids is 1. The molecule has 2 aromatic carbocycles. The Morgan fingerprint density at radius 2 is 1.69 bits per heavy atom. The molecule has 0 saturated carbocycles. The van der Waals surface area contributed by atoms with Gasteiger partial charge in [0.15, 0.2) is 5.76 Å². The Labute approximate surface area is 169 Å². The molecular formula is C20H16N2O6S. The number of thioether (sulfide) groups is 1. The molecule has 4 N–H and O–H groups in total. The van der Waals surface area contributed by atoms with E-state index in [0.717, 1.165) is 4.90 Å². The molecule has 0 unspecified atom stereocenters. The van der Waals surface area contributed by atoms with Crippen molar-refractivity contribution >= 4 is 40.9 Å². The van der Waals surface area contributed by atoms with Gasteiger partial charge < -0.3 is 25.3 Å². The van der Waals surface area contributed by atoms with Crippen molar-refractivity contribution in [2.75, 3.05) is 16.4 Å². The first-order chi connectivity index (χ1) is 13.9. The van der Waals surface area contributed by atoms with Gasteiger partial charge in [-0.05, 0) is 54.6 Å². The van der Waals surface area contributed by atoms with Crippen LogP contribution in [0.3, 0.4) is 0 Å². The van der Waals surface area contributed by atoms with Crippen LogP contribution in [0, 0.1) is 0 Å². The smallest absolute Gasteiger partial charge is 0.339 e. The Morgan fingerprint density at radius 1 is 0.966 bits per heavy atom. The number of carboxylic acid groups (broad SMARTS) is 1. The summed E-state index contributed by atoms with van der Waals surface area (Å²) in [4.78, 5) is 35.8. The molecule has 0 atom stereocenters. The van der Waals surface area contributed by atoms with E-state index >= 15 is 0 Å². The highest BCUT2D eigenvalue weighted by atomic mass is 32.2. The van der Waals surface area contributed by atoms with Crippen LogP contribution in [0.15, 0.2) is 70.2 Å². The number of hydrogen-bond acceptors (Lipinski definition) is 6. The number of amides is 2. The number of nitrogens with one attached hydrogen (secondary N) is 2. The lowest BCUT2D eigenvalue weighted by Gasteiger charge is -2.08. The fourth-order valence-corrected chi connectivity index (χ4v) is 3.06. The molecule has 1 aromatic heterocycles. The van der Waals surface area contributed by atoms with Crippen molar-refractivity contribution in [3.63, 3.8) is 0 Å². The first-order valence-corrected chi connectivity index (χ1v) is 9.35. The molecule has 8 nitrogen and oxygen atoms in total. The summed E-state index contributed by atoms with van der Waals surface area (Å²) in [6, 6.07) is 13.9. The Bertz CT molecular complexity index is 1030. The van der Waals surface area contributed by atoms with Gasteiger partial charge in [0.05, 0.1) is 12.0 Å². The molecule has 0 spiro atoms. The standard InChI is InChI=1S/C20H16N2O6S/c23-16-8-5-13(10-15(16)20(26)27)21-18(24)11-29-14-6-3-12(4-7-14)22-19(25)17-2-1-9-28-17/h1-10,23H,11H2,(H,21,24)(H,22,25)(H,26,27). The number of carbonyl (C=O) groups excluding carboxylic acids is 2. The van der Waals surface area contributed by atoms with E-state index in [2.05, 4.69) is 10.6 Å². The molecular weight excluding hydrogens is 396 g/mol. The zero-order chi connectivity index (χ0) is 20.8. The third-order valence-electron chi connectivity index (χ3n) is 3.74. The van der Waals surface area contributed by atoms with Gasteiger partial charge in [0.2, 0.25) is 5.91 Å². The number of carboxylic acids is 1. The van der Waals surface area contributed by atoms with E-state index in [0.29, 0.717) is 5.69 Å². The molecule has 0 aliphatic carbocycles. The van der Waals surface area contributed by atoms with Crippen molar-refractivity contribution < 1.29 is 29.0 Å². The molecule has 3 rings (SSSR count). The number of benzene rings is 2. The monoisotopic (exact) mass is 412 g/mol. The average molecular weight is 412 g/mol. The lowest BCUT2D eigenvalue weighted by Crippen LogP contribution is -2.14. The van der Waals surface area contributed by atoms with Crippen molar-refractivity contribution in [1.82, 2.24) is 0 Å². The van der Waals surface area contributed by atoms with Gasteiger partial charge in [-0.15, -0.1) is 11.8 Å². The molecule has 0 bridgehead atoms. The summed E-state index contributed by atoms with van der Waals surface area (Å²) in [5, 5.41) is 23.8. The predicted octanol–water partition coefficient (Wildman–Crippen LogP) is 3.67. The van der Waals surface area contributed by atoms with Gasteiger partial charge in [0, 0.05) is 16.3 Å². The first-order valence-electron chi connectivity index (χ1n) is 8.36. The number of carbonyl (C=O) groups is 3. The number of anilines is 2. The van der Waals surface area contributed by atoms with Crippen molar-refractivity contribution in [3.8, 4) is 5.75 Å². The molecule has 0 saturated heterocycles. The topological polar surface area (TPSA) is 129 Å². The maximum Gasteiger partial charge on any atom is 0.339 e. The molecule has 0 aliphatic rings. The van der Waals surface area contributed by atoms with Crippen LogP contribution in [-0.4, -0.2) is 33.7 Å². The first kappa shape index (κ1) is 20.0. The fraction of sp³-hybridized carbons (Fsp3) is 0.0500. The summed E-state index contributed by atoms with van der Waals surface area (Å²) in [6.07, 6.45) is 1.42. The normalized spacial score (nSPS) is 10.3. The van der Waals surface area contributed by atoms with Crippen molar-refractivity contribution in [1.29, 1.82) is 0 Å². The largest absolute Gasteiger partial charge is 0.507 e. The minimum atomic E-state index is -1.28. The minimum Gasteiger partial charge on any atom is -0.507 e. The van der Waals surface area contributed by atoms with Crippen LogP contribution in [0.1, 0.15) is 20.9 Å². The summed E-state index contributed by atoms with van der Waals surface area (Å²) in [5.41, 5.74) is 0.579. The van der Waals surface area contributed by atoms with Gasteiger partial charge in [-0.3, -0.25) is 9.59 Å². The quantitative estimate of drug-likeness (QED) is 0.344. The number of furan rings is 1. The number of rotatable bonds is 7. The van der Waals surface area contributed by atoms with Crippen LogP contribution >= 0.6 is 11.8 Å². The van der Waals surface area contributed by atoms with Gasteiger partial charge >= 0.3 is 5.97 Å². The van der Waals surface area contributed by atoms with E-state index in [4.69, 9.17) is 9.52 Å². The van der Waals surface area contributed by atoms with E-state index in [1.54, 1.807) is 36.4 Å². The third kappa shape index (κ3) is 5.39. The van der Waals surface area contributed by atoms with Crippen LogP contribution < -0.4 is 10.6 Å². The minimum absolute atomic E-state index is 0.0986. The maximum absolute atomic E-state index is 12.1. The molecule has 29 heavy (non-hydrogen) atoms. The Kier molecular flexibility index (Phi) is 6.20. The Hall–Kier alpha value is -3.72. The molecule has 148 valence electrons. The lowest BCUT2D eigenvalue weighted by molar-refractivity contribution is -0.113. The van der Waals surface area contributed by atoms with E-state index < -0.39 is 5.97 Å². The highest BCUT2D eigenvalue weighted by Crippen LogP contribution is 2.23. The van der Waals surface area contributed by atoms with Gasteiger partial charge in [0.1, 0.15) is 11.3 Å². The van der Waals surface area contributed by atoms with Gasteiger partial charge in [-0.1, -0.05) is 0 Å².